The summed E-state index contributed by atoms with van der Waals surface area (Å²) in [6.45, 7) is 7.76. The summed E-state index contributed by atoms with van der Waals surface area (Å²) in [5.74, 6) is 0.689. The minimum Gasteiger partial charge on any atom is -0.395 e. The maximum Gasteiger partial charge on any atom is 0.216 e. The summed E-state index contributed by atoms with van der Waals surface area (Å²) in [5.41, 5.74) is 5.29. The van der Waals surface area contributed by atoms with Gasteiger partial charge < -0.3 is 10.0 Å². The molecular formula is C21H25N5OS. The van der Waals surface area contributed by atoms with E-state index in [1.165, 1.54) is 0 Å². The third-order valence-electron chi connectivity index (χ3n) is 4.72. The van der Waals surface area contributed by atoms with Crippen molar-refractivity contribution >= 4 is 24.1 Å². The number of hydrogen-bond donors (Lipinski definition) is 2. The molecule has 0 amide bonds. The Bertz CT molecular complexity index is 1040. The number of aryl methyl sites for hydroxylation is 2. The van der Waals surface area contributed by atoms with Crippen LogP contribution in [0.4, 0.5) is 5.69 Å². The zero-order valence-corrected chi connectivity index (χ0v) is 17.2. The van der Waals surface area contributed by atoms with Crippen LogP contribution in [0.3, 0.4) is 0 Å². The van der Waals surface area contributed by atoms with E-state index in [2.05, 4.69) is 40.1 Å². The number of likely N-dealkylation sites (N-methyl/N-ethyl adjacent to an activating group) is 1. The molecule has 0 atom stereocenters. The molecule has 0 fully saturated rings. The summed E-state index contributed by atoms with van der Waals surface area (Å²) in [5, 5.41) is 21.0. The zero-order valence-electron chi connectivity index (χ0n) is 16.4. The van der Waals surface area contributed by atoms with Crippen molar-refractivity contribution in [2.75, 3.05) is 24.6 Å². The Hall–Kier alpha value is -2.77. The van der Waals surface area contributed by atoms with Crippen molar-refractivity contribution in [3.63, 3.8) is 0 Å². The van der Waals surface area contributed by atoms with Gasteiger partial charge in [-0.3, -0.25) is 0 Å². The van der Waals surface area contributed by atoms with Gasteiger partial charge in [-0.25, -0.2) is 5.10 Å². The normalized spacial score (nSPS) is 11.3. The van der Waals surface area contributed by atoms with Gasteiger partial charge in [0.2, 0.25) is 4.77 Å². The minimum absolute atomic E-state index is 0.135. The summed E-state index contributed by atoms with van der Waals surface area (Å²) in [6.07, 6.45) is 1.80. The van der Waals surface area contributed by atoms with Crippen LogP contribution in [0, 0.1) is 18.6 Å². The van der Waals surface area contributed by atoms with E-state index >= 15 is 0 Å². The highest BCUT2D eigenvalue weighted by Gasteiger charge is 2.10. The predicted molar refractivity (Wildman–Crippen MR) is 117 cm³/mol. The molecule has 0 aliphatic rings. The fourth-order valence-corrected chi connectivity index (χ4v) is 3.29. The maximum absolute atomic E-state index is 9.22. The van der Waals surface area contributed by atoms with Gasteiger partial charge in [0.05, 0.1) is 12.8 Å². The number of nitrogens with zero attached hydrogens (tertiary/aromatic N) is 4. The first-order chi connectivity index (χ1) is 13.5. The summed E-state index contributed by atoms with van der Waals surface area (Å²) in [4.78, 5) is 2.14. The first-order valence-corrected chi connectivity index (χ1v) is 9.70. The lowest BCUT2D eigenvalue weighted by Crippen LogP contribution is -2.26. The summed E-state index contributed by atoms with van der Waals surface area (Å²) in [6, 6.07) is 14.2. The van der Waals surface area contributed by atoms with E-state index in [9.17, 15) is 5.11 Å². The third-order valence-corrected chi connectivity index (χ3v) is 4.98. The van der Waals surface area contributed by atoms with Gasteiger partial charge >= 0.3 is 0 Å². The first-order valence-electron chi connectivity index (χ1n) is 9.29. The van der Waals surface area contributed by atoms with Gasteiger partial charge in [-0.15, -0.1) is 0 Å². The molecule has 0 aliphatic heterocycles. The molecular weight excluding hydrogens is 370 g/mol. The molecule has 3 rings (SSSR count). The molecule has 2 aromatic carbocycles. The Balaban J connectivity index is 1.92. The zero-order chi connectivity index (χ0) is 20.1. The van der Waals surface area contributed by atoms with Gasteiger partial charge in [0.15, 0.2) is 5.82 Å². The van der Waals surface area contributed by atoms with Crippen LogP contribution in [0.1, 0.15) is 23.6 Å². The smallest absolute Gasteiger partial charge is 0.216 e. The number of aliphatic hydroxyl groups excluding tert-OH is 1. The van der Waals surface area contributed by atoms with Crippen molar-refractivity contribution in [1.82, 2.24) is 14.9 Å². The van der Waals surface area contributed by atoms with Gasteiger partial charge in [0.25, 0.3) is 0 Å². The van der Waals surface area contributed by atoms with E-state index in [4.69, 9.17) is 12.2 Å². The van der Waals surface area contributed by atoms with Crippen LogP contribution < -0.4 is 4.90 Å². The van der Waals surface area contributed by atoms with Crippen LogP contribution >= 0.6 is 12.2 Å². The van der Waals surface area contributed by atoms with Crippen molar-refractivity contribution in [2.45, 2.75) is 20.8 Å². The number of aromatic nitrogens is 3. The highest BCUT2D eigenvalue weighted by atomic mass is 32.1. The molecule has 3 aromatic rings. The van der Waals surface area contributed by atoms with Crippen molar-refractivity contribution < 1.29 is 5.11 Å². The quantitative estimate of drug-likeness (QED) is 0.470. The van der Waals surface area contributed by atoms with Crippen LogP contribution in [0.25, 0.3) is 11.4 Å². The van der Waals surface area contributed by atoms with E-state index in [1.807, 2.05) is 43.3 Å². The van der Waals surface area contributed by atoms with E-state index in [-0.39, 0.29) is 6.61 Å². The van der Waals surface area contributed by atoms with Crippen LogP contribution in [-0.2, 0) is 0 Å². The monoisotopic (exact) mass is 395 g/mol. The average molecular weight is 396 g/mol. The van der Waals surface area contributed by atoms with Crippen LogP contribution in [-0.4, -0.2) is 45.9 Å². The van der Waals surface area contributed by atoms with E-state index in [0.717, 1.165) is 34.5 Å². The Labute approximate surface area is 170 Å². The lowest BCUT2D eigenvalue weighted by Gasteiger charge is -2.22. The van der Waals surface area contributed by atoms with Crippen molar-refractivity contribution in [3.8, 4) is 11.4 Å². The van der Waals surface area contributed by atoms with E-state index in [0.29, 0.717) is 17.1 Å². The molecule has 6 nitrogen and oxygen atoms in total. The van der Waals surface area contributed by atoms with E-state index in [1.54, 1.807) is 10.9 Å². The maximum atomic E-state index is 9.22. The minimum atomic E-state index is 0.135. The lowest BCUT2D eigenvalue weighted by molar-refractivity contribution is 0.302. The molecule has 0 radical (unpaired) electrons. The second-order valence-electron chi connectivity index (χ2n) is 6.57. The fourth-order valence-electron chi connectivity index (χ4n) is 3.11. The lowest BCUT2D eigenvalue weighted by atomic mass is 10.1. The molecule has 146 valence electrons. The average Bonchev–Trinajstić information content (AvgIpc) is 3.06. The molecule has 0 aliphatic carbocycles. The topological polar surface area (TPSA) is 69.4 Å². The van der Waals surface area contributed by atoms with Gasteiger partial charge in [0, 0.05) is 24.3 Å². The number of nitrogens with one attached hydrogen (secondary N) is 1. The van der Waals surface area contributed by atoms with Gasteiger partial charge in [0.1, 0.15) is 0 Å². The molecule has 28 heavy (non-hydrogen) atoms. The van der Waals surface area contributed by atoms with Crippen LogP contribution in [0.15, 0.2) is 47.6 Å². The molecule has 0 saturated carbocycles. The number of hydrogen-bond acceptors (Lipinski definition) is 5. The fraction of sp³-hybridized carbons (Fsp3) is 0.286. The summed E-state index contributed by atoms with van der Waals surface area (Å²) >= 11 is 5.36. The molecule has 0 bridgehead atoms. The Morgan fingerprint density at radius 1 is 1.21 bits per heavy atom. The number of benzene rings is 2. The number of aromatic amines is 1. The summed E-state index contributed by atoms with van der Waals surface area (Å²) < 4.78 is 2.10. The second kappa shape index (κ2) is 8.95. The van der Waals surface area contributed by atoms with Crippen molar-refractivity contribution in [3.05, 3.63) is 63.9 Å². The Kier molecular flexibility index (Phi) is 6.38. The van der Waals surface area contributed by atoms with Crippen molar-refractivity contribution in [1.29, 1.82) is 0 Å². The third kappa shape index (κ3) is 4.21. The Morgan fingerprint density at radius 2 is 2.00 bits per heavy atom. The number of aliphatic hydroxyl groups is 1. The highest BCUT2D eigenvalue weighted by molar-refractivity contribution is 7.71. The molecule has 0 saturated heterocycles. The molecule has 0 unspecified atom stereocenters. The number of anilines is 1. The molecule has 1 aromatic heterocycles. The highest BCUT2D eigenvalue weighted by Crippen LogP contribution is 2.22. The number of H-pyrrole nitrogens is 1. The van der Waals surface area contributed by atoms with Crippen LogP contribution in [0.5, 0.6) is 0 Å². The van der Waals surface area contributed by atoms with Crippen molar-refractivity contribution in [2.24, 2.45) is 5.10 Å². The van der Waals surface area contributed by atoms with E-state index < -0.39 is 0 Å². The van der Waals surface area contributed by atoms with Gasteiger partial charge in [-0.2, -0.15) is 14.9 Å². The Morgan fingerprint density at radius 3 is 2.68 bits per heavy atom. The predicted octanol–water partition coefficient (Wildman–Crippen LogP) is 3.93. The standard InChI is InChI=1S/C21H25N5OS/c1-4-25(11-12-27)18-10-9-17(16(3)13-18)14-22-26-20(23-24-21(26)28)19-8-6-5-7-15(19)2/h5-10,13-14,27H,4,11-12H2,1-3H3,(H,24,28)/b22-14-. The molecule has 2 N–H and O–H groups in total. The van der Waals surface area contributed by atoms with Crippen LogP contribution in [0.2, 0.25) is 0 Å². The largest absolute Gasteiger partial charge is 0.395 e. The molecule has 7 heteroatoms. The molecule has 1 heterocycles. The SMILES string of the molecule is CCN(CCO)c1ccc(/C=N\n2c(-c3ccccc3C)n[nH]c2=S)c(C)c1. The molecule has 0 spiro atoms. The first kappa shape index (κ1) is 20.0. The summed E-state index contributed by atoms with van der Waals surface area (Å²) in [7, 11) is 0. The van der Waals surface area contributed by atoms with Gasteiger partial charge in [-0.1, -0.05) is 30.3 Å². The second-order valence-corrected chi connectivity index (χ2v) is 6.95. The van der Waals surface area contributed by atoms with Gasteiger partial charge in [-0.05, 0) is 61.8 Å². The number of rotatable bonds is 7.